The van der Waals surface area contributed by atoms with E-state index in [4.69, 9.17) is 4.74 Å². The number of hydrogen-bond acceptors (Lipinski definition) is 3. The number of benzene rings is 2. The molecule has 0 radical (unpaired) electrons. The molecule has 0 aliphatic heterocycles. The van der Waals surface area contributed by atoms with Gasteiger partial charge in [0, 0.05) is 11.8 Å². The van der Waals surface area contributed by atoms with Crippen molar-refractivity contribution in [2.24, 2.45) is 0 Å². The van der Waals surface area contributed by atoms with E-state index >= 15 is 0 Å². The van der Waals surface area contributed by atoms with E-state index in [2.05, 4.69) is 17.4 Å². The normalized spacial score (nSPS) is 12.5. The van der Waals surface area contributed by atoms with Crippen LogP contribution in [0, 0.1) is 12.7 Å². The van der Waals surface area contributed by atoms with Crippen molar-refractivity contribution < 1.29 is 9.13 Å². The third-order valence-electron chi connectivity index (χ3n) is 3.92. The molecule has 0 aliphatic rings. The molecule has 2 nitrogen and oxygen atoms in total. The zero-order valence-electron chi connectivity index (χ0n) is 13.3. The lowest BCUT2D eigenvalue weighted by atomic mass is 10.1. The highest BCUT2D eigenvalue weighted by molar-refractivity contribution is 7.17. The molecule has 1 unspecified atom stereocenters. The highest BCUT2D eigenvalue weighted by atomic mass is 32.1. The lowest BCUT2D eigenvalue weighted by molar-refractivity contribution is 0.197. The van der Waals surface area contributed by atoms with Gasteiger partial charge in [-0.3, -0.25) is 0 Å². The zero-order chi connectivity index (χ0) is 16.2. The van der Waals surface area contributed by atoms with Crippen LogP contribution in [-0.2, 0) is 0 Å². The number of hydrogen-bond donors (Lipinski definition) is 1. The summed E-state index contributed by atoms with van der Waals surface area (Å²) < 4.78 is 21.0. The van der Waals surface area contributed by atoms with Crippen LogP contribution in [0.4, 0.5) is 4.39 Å². The van der Waals surface area contributed by atoms with Gasteiger partial charge in [-0.2, -0.15) is 0 Å². The van der Waals surface area contributed by atoms with Crippen LogP contribution in [0.5, 0.6) is 5.75 Å². The average Bonchev–Trinajstić information content (AvgIpc) is 2.97. The van der Waals surface area contributed by atoms with Crippen molar-refractivity contribution >= 4 is 21.4 Å². The van der Waals surface area contributed by atoms with Gasteiger partial charge < -0.3 is 10.1 Å². The highest BCUT2D eigenvalue weighted by Crippen LogP contribution is 2.37. The van der Waals surface area contributed by atoms with Gasteiger partial charge >= 0.3 is 0 Å². The van der Waals surface area contributed by atoms with Crippen LogP contribution in [0.15, 0.2) is 47.8 Å². The molecule has 0 amide bonds. The number of rotatable bonds is 6. The monoisotopic (exact) mass is 329 g/mol. The van der Waals surface area contributed by atoms with Gasteiger partial charge in [0.15, 0.2) is 0 Å². The third kappa shape index (κ3) is 3.38. The maximum atomic E-state index is 14.0. The summed E-state index contributed by atoms with van der Waals surface area (Å²) >= 11 is 1.43. The minimum Gasteiger partial charge on any atom is -0.485 e. The van der Waals surface area contributed by atoms with Gasteiger partial charge in [0.1, 0.15) is 17.7 Å². The lowest BCUT2D eigenvalue weighted by Gasteiger charge is -2.20. The Morgan fingerprint density at radius 1 is 1.17 bits per heavy atom. The second-order valence-electron chi connectivity index (χ2n) is 5.58. The van der Waals surface area contributed by atoms with Crippen LogP contribution < -0.4 is 10.1 Å². The molecule has 0 saturated carbocycles. The van der Waals surface area contributed by atoms with Gasteiger partial charge in [-0.15, -0.1) is 11.3 Å². The van der Waals surface area contributed by atoms with Crippen LogP contribution in [0.3, 0.4) is 0 Å². The van der Waals surface area contributed by atoms with Gasteiger partial charge in [0.2, 0.25) is 0 Å². The van der Waals surface area contributed by atoms with E-state index in [0.29, 0.717) is 4.70 Å². The van der Waals surface area contributed by atoms with E-state index < -0.39 is 0 Å². The zero-order valence-corrected chi connectivity index (χ0v) is 14.1. The Morgan fingerprint density at radius 2 is 1.96 bits per heavy atom. The van der Waals surface area contributed by atoms with Crippen molar-refractivity contribution in [2.75, 3.05) is 13.6 Å². The first-order valence-electron chi connectivity index (χ1n) is 7.73. The largest absolute Gasteiger partial charge is 0.485 e. The summed E-state index contributed by atoms with van der Waals surface area (Å²) in [7, 11) is 1.93. The minimum absolute atomic E-state index is 0.0587. The maximum Gasteiger partial charge on any atom is 0.141 e. The molecule has 1 aromatic heterocycles. The van der Waals surface area contributed by atoms with E-state index in [1.54, 1.807) is 6.07 Å². The molecule has 0 saturated heterocycles. The fourth-order valence-electron chi connectivity index (χ4n) is 2.72. The molecule has 2 aromatic carbocycles. The summed E-state index contributed by atoms with van der Waals surface area (Å²) in [6.45, 7) is 2.85. The fourth-order valence-corrected chi connectivity index (χ4v) is 3.69. The fraction of sp³-hybridized carbons (Fsp3) is 0.263. The van der Waals surface area contributed by atoms with Gasteiger partial charge in [0.25, 0.3) is 0 Å². The van der Waals surface area contributed by atoms with Crippen molar-refractivity contribution in [2.45, 2.75) is 19.4 Å². The Morgan fingerprint density at radius 3 is 2.70 bits per heavy atom. The number of halogens is 1. The van der Waals surface area contributed by atoms with Gasteiger partial charge in [-0.25, -0.2) is 4.39 Å². The Bertz CT molecular complexity index is 785. The van der Waals surface area contributed by atoms with Crippen LogP contribution in [-0.4, -0.2) is 13.6 Å². The number of thiophene rings is 1. The Balaban J connectivity index is 1.97. The molecule has 0 spiro atoms. The second-order valence-corrected chi connectivity index (χ2v) is 6.46. The summed E-state index contributed by atoms with van der Waals surface area (Å²) in [4.78, 5) is 0. The number of aryl methyl sites for hydroxylation is 1. The lowest BCUT2D eigenvalue weighted by Crippen LogP contribution is -2.16. The maximum absolute atomic E-state index is 14.0. The molecule has 4 heteroatoms. The molecule has 0 bridgehead atoms. The highest BCUT2D eigenvalue weighted by Gasteiger charge is 2.17. The Hall–Kier alpha value is -1.91. The first kappa shape index (κ1) is 16.0. The number of nitrogens with one attached hydrogen (secondary N) is 1. The minimum atomic E-state index is -0.183. The summed E-state index contributed by atoms with van der Waals surface area (Å²) in [5.74, 6) is 0.571. The Kier molecular flexibility index (Phi) is 4.94. The average molecular weight is 329 g/mol. The van der Waals surface area contributed by atoms with Gasteiger partial charge in [0.05, 0.1) is 4.70 Å². The molecule has 23 heavy (non-hydrogen) atoms. The molecule has 3 rings (SSSR count). The predicted octanol–water partition coefficient (Wildman–Crippen LogP) is 5.08. The molecule has 1 atom stereocenters. The number of fused-ring (bicyclic) bond motifs is 1. The number of ether oxygens (including phenoxy) is 1. The summed E-state index contributed by atoms with van der Waals surface area (Å²) in [5.41, 5.74) is 2.19. The summed E-state index contributed by atoms with van der Waals surface area (Å²) in [6.07, 6.45) is 0.791. The second kappa shape index (κ2) is 7.11. The smallest absolute Gasteiger partial charge is 0.141 e. The van der Waals surface area contributed by atoms with E-state index in [-0.39, 0.29) is 11.9 Å². The first-order valence-corrected chi connectivity index (χ1v) is 8.61. The quantitative estimate of drug-likeness (QED) is 0.681. The molecule has 120 valence electrons. The molecule has 0 fully saturated rings. The van der Waals surface area contributed by atoms with Crippen molar-refractivity contribution in [1.29, 1.82) is 0 Å². The van der Waals surface area contributed by atoms with Crippen molar-refractivity contribution in [1.82, 2.24) is 5.32 Å². The van der Waals surface area contributed by atoms with E-state index in [0.717, 1.165) is 35.2 Å². The van der Waals surface area contributed by atoms with Crippen LogP contribution in [0.25, 0.3) is 10.1 Å². The standard InChI is InChI=1S/C19H20FNOS/c1-13-12-23-19-15(20)8-9-17(18(13)19)22-16(10-11-21-2)14-6-4-3-5-7-14/h3-9,12,16,21H,10-11H2,1-2H3. The van der Waals surface area contributed by atoms with E-state index in [9.17, 15) is 4.39 Å². The van der Waals surface area contributed by atoms with Crippen molar-refractivity contribution in [3.05, 3.63) is 64.8 Å². The predicted molar refractivity (Wildman–Crippen MR) is 94.9 cm³/mol. The molecule has 1 heterocycles. The molecule has 0 aliphatic carbocycles. The van der Waals surface area contributed by atoms with E-state index in [1.165, 1.54) is 17.4 Å². The molecule has 3 aromatic rings. The van der Waals surface area contributed by atoms with Crippen molar-refractivity contribution in [3.63, 3.8) is 0 Å². The summed E-state index contributed by atoms with van der Waals surface area (Å²) in [6, 6.07) is 13.4. The van der Waals surface area contributed by atoms with Crippen molar-refractivity contribution in [3.8, 4) is 5.75 Å². The van der Waals surface area contributed by atoms with Gasteiger partial charge in [-0.1, -0.05) is 30.3 Å². The molecular formula is C19H20FNOS. The SMILES string of the molecule is CNCCC(Oc1ccc(F)c2scc(C)c12)c1ccccc1. The molecule has 1 N–H and O–H groups in total. The van der Waals surface area contributed by atoms with Crippen LogP contribution in [0.2, 0.25) is 0 Å². The topological polar surface area (TPSA) is 21.3 Å². The molecular weight excluding hydrogens is 309 g/mol. The van der Waals surface area contributed by atoms with Gasteiger partial charge in [-0.05, 0) is 49.2 Å². The summed E-state index contributed by atoms with van der Waals surface area (Å²) in [5, 5.41) is 6.04. The third-order valence-corrected chi connectivity index (χ3v) is 5.02. The van der Waals surface area contributed by atoms with Crippen LogP contribution >= 0.6 is 11.3 Å². The Labute approximate surface area is 139 Å². The van der Waals surface area contributed by atoms with E-state index in [1.807, 2.05) is 37.6 Å². The van der Waals surface area contributed by atoms with Crippen LogP contribution in [0.1, 0.15) is 23.7 Å². The first-order chi connectivity index (χ1) is 11.2.